The number of amides is 1. The first kappa shape index (κ1) is 22.4. The topological polar surface area (TPSA) is 115 Å². The van der Waals surface area contributed by atoms with Crippen LogP contribution in [0.3, 0.4) is 0 Å². The Morgan fingerprint density at radius 2 is 1.94 bits per heavy atom. The van der Waals surface area contributed by atoms with Crippen molar-refractivity contribution in [3.05, 3.63) is 48.4 Å². The van der Waals surface area contributed by atoms with E-state index >= 15 is 0 Å². The number of carbonyl (C=O) groups is 2. The fourth-order valence-corrected chi connectivity index (χ4v) is 3.42. The van der Waals surface area contributed by atoms with Crippen molar-refractivity contribution >= 4 is 11.9 Å². The minimum atomic E-state index is -5.08. The maximum atomic E-state index is 12.8. The zero-order valence-corrected chi connectivity index (χ0v) is 16.1. The monoisotopic (exact) mass is 440 g/mol. The Kier molecular flexibility index (Phi) is 7.00. The van der Waals surface area contributed by atoms with E-state index < -0.39 is 12.1 Å². The third-order valence-electron chi connectivity index (χ3n) is 4.77. The number of piperidine rings is 1. The number of aromatic nitrogens is 3. The maximum absolute atomic E-state index is 12.8. The molecule has 0 spiro atoms. The van der Waals surface area contributed by atoms with Crippen LogP contribution >= 0.6 is 0 Å². The molecule has 4 heterocycles. The highest BCUT2D eigenvalue weighted by atomic mass is 19.4. The van der Waals surface area contributed by atoms with Crippen LogP contribution in [0.5, 0.6) is 5.88 Å². The molecule has 3 atom stereocenters. The Balaban J connectivity index is 0.000000339. The number of ether oxygens (including phenoxy) is 2. The lowest BCUT2D eigenvalue weighted by atomic mass is 9.95. The summed E-state index contributed by atoms with van der Waals surface area (Å²) in [4.78, 5) is 27.7. The number of hydrogen-bond acceptors (Lipinski definition) is 7. The van der Waals surface area contributed by atoms with E-state index in [1.807, 2.05) is 23.1 Å². The van der Waals surface area contributed by atoms with Crippen LogP contribution in [0.25, 0.3) is 0 Å². The fraction of sp³-hybridized carbons (Fsp3) is 0.421. The molecule has 0 saturated carbocycles. The summed E-state index contributed by atoms with van der Waals surface area (Å²) in [6.07, 6.45) is 0.971. The fourth-order valence-electron chi connectivity index (χ4n) is 3.42. The van der Waals surface area contributed by atoms with Crippen LogP contribution in [0.1, 0.15) is 23.2 Å². The van der Waals surface area contributed by atoms with Gasteiger partial charge < -0.3 is 19.5 Å². The van der Waals surface area contributed by atoms with E-state index in [9.17, 15) is 18.0 Å². The SMILES string of the molecule is O=C(O)C(F)(F)F.O=C(c1ccnnc1)N1CC[C@@H](Oc2ccccn2)[C@H]2OCC[C@@H]21. The Morgan fingerprint density at radius 1 is 1.16 bits per heavy atom. The second-order valence-corrected chi connectivity index (χ2v) is 6.74. The highest BCUT2D eigenvalue weighted by molar-refractivity contribution is 5.94. The Labute approximate surface area is 174 Å². The molecule has 12 heteroatoms. The number of fused-ring (bicyclic) bond motifs is 1. The normalized spacial score (nSPS) is 22.7. The summed E-state index contributed by atoms with van der Waals surface area (Å²) in [6, 6.07) is 7.30. The zero-order valence-electron chi connectivity index (χ0n) is 16.1. The molecule has 0 unspecified atom stereocenters. The number of carbonyl (C=O) groups excluding carboxylic acids is 1. The van der Waals surface area contributed by atoms with Gasteiger partial charge in [0.1, 0.15) is 12.2 Å². The van der Waals surface area contributed by atoms with Gasteiger partial charge in [-0.05, 0) is 18.6 Å². The molecule has 31 heavy (non-hydrogen) atoms. The van der Waals surface area contributed by atoms with Gasteiger partial charge in [0.15, 0.2) is 0 Å². The molecule has 2 aliphatic rings. The summed E-state index contributed by atoms with van der Waals surface area (Å²) in [5, 5.41) is 14.6. The van der Waals surface area contributed by atoms with E-state index in [2.05, 4.69) is 15.2 Å². The average molecular weight is 440 g/mol. The van der Waals surface area contributed by atoms with Gasteiger partial charge in [0.05, 0.1) is 24.0 Å². The highest BCUT2D eigenvalue weighted by Gasteiger charge is 2.45. The first-order valence-electron chi connectivity index (χ1n) is 9.34. The van der Waals surface area contributed by atoms with E-state index in [4.69, 9.17) is 19.4 Å². The molecule has 1 amide bonds. The maximum Gasteiger partial charge on any atom is 0.490 e. The summed E-state index contributed by atoms with van der Waals surface area (Å²) in [5.41, 5.74) is 0.555. The number of aliphatic carboxylic acids is 1. The van der Waals surface area contributed by atoms with Crippen molar-refractivity contribution in [1.82, 2.24) is 20.1 Å². The molecular formula is C19H19F3N4O5. The minimum absolute atomic E-state index is 0.0214. The molecule has 2 aromatic rings. The number of carboxylic acid groups (broad SMARTS) is 1. The molecule has 0 radical (unpaired) electrons. The van der Waals surface area contributed by atoms with Crippen LogP contribution in [-0.2, 0) is 9.53 Å². The average Bonchev–Trinajstić information content (AvgIpc) is 3.25. The number of hydrogen-bond donors (Lipinski definition) is 1. The summed E-state index contributed by atoms with van der Waals surface area (Å²) >= 11 is 0. The molecule has 166 valence electrons. The van der Waals surface area contributed by atoms with E-state index in [-0.39, 0.29) is 24.2 Å². The second kappa shape index (κ2) is 9.69. The predicted octanol–water partition coefficient (Wildman–Crippen LogP) is 1.96. The predicted molar refractivity (Wildman–Crippen MR) is 98.2 cm³/mol. The number of alkyl halides is 3. The quantitative estimate of drug-likeness (QED) is 0.770. The smallest absolute Gasteiger partial charge is 0.475 e. The lowest BCUT2D eigenvalue weighted by molar-refractivity contribution is -0.192. The highest BCUT2D eigenvalue weighted by Crippen LogP contribution is 2.31. The van der Waals surface area contributed by atoms with E-state index in [0.29, 0.717) is 31.0 Å². The van der Waals surface area contributed by atoms with Crippen LogP contribution in [-0.4, -0.2) is 74.6 Å². The number of nitrogens with zero attached hydrogens (tertiary/aromatic N) is 4. The van der Waals surface area contributed by atoms with Crippen molar-refractivity contribution < 1.29 is 37.3 Å². The lowest BCUT2D eigenvalue weighted by Gasteiger charge is -2.40. The zero-order chi connectivity index (χ0) is 22.4. The molecule has 0 bridgehead atoms. The largest absolute Gasteiger partial charge is 0.490 e. The second-order valence-electron chi connectivity index (χ2n) is 6.74. The molecule has 1 N–H and O–H groups in total. The van der Waals surface area contributed by atoms with E-state index in [1.54, 1.807) is 12.3 Å². The number of likely N-dealkylation sites (tertiary alicyclic amines) is 1. The van der Waals surface area contributed by atoms with Gasteiger partial charge in [0.25, 0.3) is 5.91 Å². The molecule has 2 aliphatic heterocycles. The van der Waals surface area contributed by atoms with Gasteiger partial charge >= 0.3 is 12.1 Å². The van der Waals surface area contributed by atoms with Crippen molar-refractivity contribution in [2.75, 3.05) is 13.2 Å². The summed E-state index contributed by atoms with van der Waals surface area (Å²) in [7, 11) is 0. The van der Waals surface area contributed by atoms with Crippen LogP contribution in [0.15, 0.2) is 42.9 Å². The van der Waals surface area contributed by atoms with Crippen molar-refractivity contribution in [3.63, 3.8) is 0 Å². The Morgan fingerprint density at radius 3 is 2.55 bits per heavy atom. The van der Waals surface area contributed by atoms with Crippen LogP contribution in [0.4, 0.5) is 13.2 Å². The standard InChI is InChI=1S/C17H18N4O3.C2HF3O2/c22-17(12-4-8-19-20-11-12)21-9-5-14(16-13(21)6-10-23-16)24-15-3-1-2-7-18-15;3-2(4,5)1(6)7/h1-4,7-8,11,13-14,16H,5-6,9-10H2;(H,6,7)/t13-,14+,16-;/m0./s1. The van der Waals surface area contributed by atoms with Gasteiger partial charge in [0.2, 0.25) is 5.88 Å². The third kappa shape index (κ3) is 5.66. The third-order valence-corrected chi connectivity index (χ3v) is 4.77. The lowest BCUT2D eigenvalue weighted by Crippen LogP contribution is -2.56. The van der Waals surface area contributed by atoms with E-state index in [1.165, 1.54) is 12.4 Å². The summed E-state index contributed by atoms with van der Waals surface area (Å²) < 4.78 is 43.6. The van der Waals surface area contributed by atoms with Crippen molar-refractivity contribution in [2.24, 2.45) is 0 Å². The number of pyridine rings is 1. The molecule has 2 saturated heterocycles. The van der Waals surface area contributed by atoms with Gasteiger partial charge in [0, 0.05) is 31.8 Å². The molecular weight excluding hydrogens is 421 g/mol. The summed E-state index contributed by atoms with van der Waals surface area (Å²) in [6.45, 7) is 1.26. The van der Waals surface area contributed by atoms with Crippen LogP contribution in [0.2, 0.25) is 0 Å². The minimum Gasteiger partial charge on any atom is -0.475 e. The molecule has 0 aromatic carbocycles. The van der Waals surface area contributed by atoms with Gasteiger partial charge in [-0.3, -0.25) is 4.79 Å². The first-order chi connectivity index (χ1) is 14.8. The van der Waals surface area contributed by atoms with Crippen molar-refractivity contribution in [2.45, 2.75) is 37.3 Å². The Hall–Kier alpha value is -3.28. The molecule has 4 rings (SSSR count). The van der Waals surface area contributed by atoms with Crippen LogP contribution < -0.4 is 4.74 Å². The number of halogens is 3. The Bertz CT molecular complexity index is 885. The van der Waals surface area contributed by atoms with Crippen molar-refractivity contribution in [3.8, 4) is 5.88 Å². The number of carboxylic acids is 1. The van der Waals surface area contributed by atoms with Gasteiger partial charge in [-0.2, -0.15) is 23.4 Å². The van der Waals surface area contributed by atoms with E-state index in [0.717, 1.165) is 6.42 Å². The van der Waals surface area contributed by atoms with Crippen LogP contribution in [0, 0.1) is 0 Å². The van der Waals surface area contributed by atoms with Gasteiger partial charge in [-0.25, -0.2) is 9.78 Å². The molecule has 2 fully saturated rings. The number of rotatable bonds is 3. The van der Waals surface area contributed by atoms with Gasteiger partial charge in [-0.1, -0.05) is 6.07 Å². The first-order valence-corrected chi connectivity index (χ1v) is 9.34. The summed E-state index contributed by atoms with van der Waals surface area (Å²) in [5.74, 6) is -2.19. The van der Waals surface area contributed by atoms with Crippen molar-refractivity contribution in [1.29, 1.82) is 0 Å². The molecule has 0 aliphatic carbocycles. The molecule has 2 aromatic heterocycles. The molecule has 9 nitrogen and oxygen atoms in total. The van der Waals surface area contributed by atoms with Gasteiger partial charge in [-0.15, -0.1) is 0 Å².